The van der Waals surface area contributed by atoms with Crippen LogP contribution < -0.4 is 4.74 Å². The zero-order valence-corrected chi connectivity index (χ0v) is 14.5. The monoisotopic (exact) mass is 356 g/mol. The van der Waals surface area contributed by atoms with Crippen LogP contribution in [0.5, 0.6) is 5.75 Å². The van der Waals surface area contributed by atoms with Crippen molar-refractivity contribution in [3.8, 4) is 5.75 Å². The Morgan fingerprint density at radius 2 is 2.00 bits per heavy atom. The van der Waals surface area contributed by atoms with E-state index in [1.807, 2.05) is 0 Å². The van der Waals surface area contributed by atoms with E-state index in [9.17, 15) is 8.78 Å². The van der Waals surface area contributed by atoms with Gasteiger partial charge in [0.15, 0.2) is 0 Å². The zero-order chi connectivity index (χ0) is 13.1. The summed E-state index contributed by atoms with van der Waals surface area (Å²) in [5.74, 6) is -1.32. The Balaban J connectivity index is 0.00000121. The van der Waals surface area contributed by atoms with E-state index in [1.54, 1.807) is 0 Å². The molecule has 92 valence electrons. The topological polar surface area (TPSA) is 9.23 Å². The molecular formula is C12H15BrF2OZn. The number of ether oxygens (including phenoxy) is 1. The first-order valence-corrected chi connectivity index (χ1v) is 12.4. The fraction of sp³-hybridized carbons (Fsp3) is 0.500. The van der Waals surface area contributed by atoms with Gasteiger partial charge >= 0.3 is 30.0 Å². The van der Waals surface area contributed by atoms with Crippen molar-refractivity contribution in [2.75, 3.05) is 6.61 Å². The van der Waals surface area contributed by atoms with Gasteiger partial charge in [0.2, 0.25) is 0 Å². The number of hydrogen-bond acceptors (Lipinski definition) is 1. The van der Waals surface area contributed by atoms with Gasteiger partial charge in [-0.3, -0.25) is 8.78 Å². The van der Waals surface area contributed by atoms with Crippen molar-refractivity contribution < 1.29 is 29.9 Å². The maximum atomic E-state index is 13.0. The third kappa shape index (κ3) is 7.83. The number of rotatable bonds is 6. The van der Waals surface area contributed by atoms with E-state index >= 15 is 0 Å². The van der Waals surface area contributed by atoms with E-state index in [2.05, 4.69) is 26.6 Å². The molecule has 0 amide bonds. The third-order valence-electron chi connectivity index (χ3n) is 2.07. The van der Waals surface area contributed by atoms with Crippen molar-refractivity contribution in [1.29, 1.82) is 0 Å². The summed E-state index contributed by atoms with van der Waals surface area (Å²) >= 11 is 4.25. The number of unbranched alkanes of at least 4 members (excludes halogenated alkanes) is 3. The molecule has 17 heavy (non-hydrogen) atoms. The number of hydrogen-bond donors (Lipinski definition) is 0. The van der Waals surface area contributed by atoms with Crippen molar-refractivity contribution in [3.05, 3.63) is 29.8 Å². The van der Waals surface area contributed by atoms with E-state index in [1.165, 1.54) is 16.3 Å². The second-order valence-electron chi connectivity index (χ2n) is 3.40. The molecule has 0 heterocycles. The molecule has 0 unspecified atom stereocenters. The summed E-state index contributed by atoms with van der Waals surface area (Å²) in [6, 6.07) is 4.30. The van der Waals surface area contributed by atoms with E-state index in [0.29, 0.717) is 6.61 Å². The summed E-state index contributed by atoms with van der Waals surface area (Å²) in [6.07, 6.45) is 4.26. The molecule has 0 aliphatic rings. The molecule has 0 atom stereocenters. The molecule has 1 aromatic carbocycles. The second-order valence-corrected chi connectivity index (χ2v) is 3.40. The summed E-state index contributed by atoms with van der Waals surface area (Å²) < 4.78 is 30.7. The fourth-order valence-corrected chi connectivity index (χ4v) is 1.25. The molecule has 1 aromatic rings. The average Bonchev–Trinajstić information content (AvgIpc) is 2.34. The number of halogens is 3. The van der Waals surface area contributed by atoms with Crippen molar-refractivity contribution in [2.24, 2.45) is 0 Å². The molecule has 0 saturated heterocycles. The van der Waals surface area contributed by atoms with Gasteiger partial charge in [-0.2, -0.15) is 0 Å². The van der Waals surface area contributed by atoms with Crippen molar-refractivity contribution in [2.45, 2.75) is 32.6 Å². The molecule has 5 heteroatoms. The summed E-state index contributed by atoms with van der Waals surface area (Å²) in [4.78, 5) is 0. The Hall–Kier alpha value is -0.0166. The first-order chi connectivity index (χ1) is 8.24. The van der Waals surface area contributed by atoms with Crippen LogP contribution in [0, 0.1) is 17.7 Å². The molecule has 0 bridgehead atoms. The van der Waals surface area contributed by atoms with Gasteiger partial charge in [0.25, 0.3) is 0 Å². The van der Waals surface area contributed by atoms with E-state index in [-0.39, 0.29) is 5.75 Å². The summed E-state index contributed by atoms with van der Waals surface area (Å²) in [5, 5.41) is 0. The SMILES string of the molecule is CCCCCCOc1[c-]cc(F)cc1F.[Zn+][Br]. The van der Waals surface area contributed by atoms with Crippen LogP contribution in [0.3, 0.4) is 0 Å². The Kier molecular flexibility index (Phi) is 11.1. The molecule has 0 aliphatic carbocycles. The van der Waals surface area contributed by atoms with Gasteiger partial charge < -0.3 is 4.74 Å². The van der Waals surface area contributed by atoms with E-state index in [0.717, 1.165) is 37.8 Å². The van der Waals surface area contributed by atoms with Crippen LogP contribution in [0.1, 0.15) is 32.6 Å². The van der Waals surface area contributed by atoms with Crippen molar-refractivity contribution in [3.63, 3.8) is 0 Å². The Bertz CT molecular complexity index is 311. The third-order valence-corrected chi connectivity index (χ3v) is 2.07. The molecule has 1 rings (SSSR count). The average molecular weight is 359 g/mol. The van der Waals surface area contributed by atoms with Gasteiger partial charge in [-0.25, -0.2) is 0 Å². The Morgan fingerprint density at radius 3 is 2.59 bits per heavy atom. The van der Waals surface area contributed by atoms with Gasteiger partial charge in [0.05, 0.1) is 12.4 Å². The Labute approximate surface area is 118 Å². The van der Waals surface area contributed by atoms with Gasteiger partial charge in [0.1, 0.15) is 0 Å². The quantitative estimate of drug-likeness (QED) is 0.411. The maximum absolute atomic E-state index is 13.0. The fourth-order valence-electron chi connectivity index (χ4n) is 1.25. The van der Waals surface area contributed by atoms with Gasteiger partial charge in [0, 0.05) is 11.6 Å². The van der Waals surface area contributed by atoms with E-state index in [4.69, 9.17) is 4.74 Å². The minimum atomic E-state index is -0.689. The van der Waals surface area contributed by atoms with Crippen molar-refractivity contribution >= 4 is 13.6 Å². The second kappa shape index (κ2) is 11.1. The molecule has 0 aromatic heterocycles. The minimum absolute atomic E-state index is 0.00731. The molecule has 0 spiro atoms. The molecule has 0 fully saturated rings. The van der Waals surface area contributed by atoms with Crippen LogP contribution in [0.2, 0.25) is 0 Å². The molecule has 0 aliphatic heterocycles. The zero-order valence-electron chi connectivity index (χ0n) is 9.94. The molecule has 0 radical (unpaired) electrons. The van der Waals surface area contributed by atoms with Crippen LogP contribution in [0.4, 0.5) is 8.78 Å². The normalized spacial score (nSPS) is 9.53. The van der Waals surface area contributed by atoms with Crippen LogP contribution in [0.15, 0.2) is 12.1 Å². The first kappa shape index (κ1) is 17.0. The van der Waals surface area contributed by atoms with Crippen LogP contribution in [0.25, 0.3) is 0 Å². The van der Waals surface area contributed by atoms with Crippen LogP contribution >= 0.6 is 13.6 Å². The summed E-state index contributed by atoms with van der Waals surface area (Å²) in [7, 11) is 0. The van der Waals surface area contributed by atoms with E-state index < -0.39 is 11.6 Å². The standard InChI is InChI=1S/C12H15F2O.BrH.Zn/c1-2-3-4-5-8-15-12-7-6-10(13)9-11(12)14;;/h6,9H,2-5,8H2,1H3;1H;/q-1;;+2/p-1. The van der Waals surface area contributed by atoms with Crippen LogP contribution in [-0.2, 0) is 16.3 Å². The Morgan fingerprint density at radius 1 is 1.29 bits per heavy atom. The predicted octanol–water partition coefficient (Wildman–Crippen LogP) is 4.57. The first-order valence-electron chi connectivity index (χ1n) is 5.50. The molecule has 0 N–H and O–H groups in total. The van der Waals surface area contributed by atoms with Gasteiger partial charge in [-0.1, -0.05) is 32.3 Å². The summed E-state index contributed by atoms with van der Waals surface area (Å²) in [6.45, 7) is 2.58. The van der Waals surface area contributed by atoms with Gasteiger partial charge in [-0.05, 0) is 6.42 Å². The summed E-state index contributed by atoms with van der Waals surface area (Å²) in [5.41, 5.74) is 0. The molecular weight excluding hydrogens is 343 g/mol. The van der Waals surface area contributed by atoms with Crippen molar-refractivity contribution in [1.82, 2.24) is 0 Å². The number of benzene rings is 1. The predicted molar refractivity (Wildman–Crippen MR) is 63.8 cm³/mol. The molecule has 0 saturated carbocycles. The molecule has 1 nitrogen and oxygen atoms in total. The van der Waals surface area contributed by atoms with Gasteiger partial charge in [-0.15, -0.1) is 12.1 Å². The van der Waals surface area contributed by atoms with Crippen LogP contribution in [-0.4, -0.2) is 6.61 Å².